The lowest BCUT2D eigenvalue weighted by Gasteiger charge is -2.30. The minimum Gasteiger partial charge on any atom is -0.298 e. The van der Waals surface area contributed by atoms with E-state index in [-0.39, 0.29) is 23.8 Å². The Morgan fingerprint density at radius 3 is 2.33 bits per heavy atom. The zero-order chi connectivity index (χ0) is 17.7. The molecule has 0 aromatic heterocycles. The molecule has 1 aliphatic heterocycles. The highest BCUT2D eigenvalue weighted by atomic mass is 16.1. The summed E-state index contributed by atoms with van der Waals surface area (Å²) in [6.07, 6.45) is 3.51. The summed E-state index contributed by atoms with van der Waals surface area (Å²) >= 11 is 0. The van der Waals surface area contributed by atoms with Crippen molar-refractivity contribution in [1.82, 2.24) is 4.90 Å². The molecule has 3 heteroatoms. The second kappa shape index (κ2) is 8.57. The van der Waals surface area contributed by atoms with E-state index in [0.717, 1.165) is 24.8 Å². The molecule has 0 saturated carbocycles. The zero-order valence-electron chi connectivity index (χ0n) is 15.5. The molecule has 132 valence electrons. The second-order valence-electron chi connectivity index (χ2n) is 7.30. The van der Waals surface area contributed by atoms with Gasteiger partial charge in [-0.2, -0.15) is 0 Å². The van der Waals surface area contributed by atoms with E-state index >= 15 is 0 Å². The quantitative estimate of drug-likeness (QED) is 0.715. The van der Waals surface area contributed by atoms with E-state index in [1.807, 2.05) is 18.2 Å². The van der Waals surface area contributed by atoms with Gasteiger partial charge in [-0.3, -0.25) is 14.5 Å². The topological polar surface area (TPSA) is 37.4 Å². The fraction of sp³-hybridized carbons (Fsp3) is 0.619. The highest BCUT2D eigenvalue weighted by molar-refractivity contribution is 5.88. The molecular formula is C21H31NO2. The summed E-state index contributed by atoms with van der Waals surface area (Å²) in [6, 6.07) is 9.91. The largest absolute Gasteiger partial charge is 0.298 e. The third kappa shape index (κ3) is 4.32. The summed E-state index contributed by atoms with van der Waals surface area (Å²) in [5.74, 6) is 1.19. The number of carbonyl (C=O) groups is 2. The molecule has 1 aliphatic rings. The van der Waals surface area contributed by atoms with Gasteiger partial charge in [0.05, 0.1) is 12.1 Å². The molecule has 0 bridgehead atoms. The van der Waals surface area contributed by atoms with Crippen molar-refractivity contribution in [1.29, 1.82) is 0 Å². The summed E-state index contributed by atoms with van der Waals surface area (Å²) in [7, 11) is 0. The van der Waals surface area contributed by atoms with Crippen molar-refractivity contribution in [2.75, 3.05) is 0 Å². The van der Waals surface area contributed by atoms with Crippen LogP contribution in [0.2, 0.25) is 0 Å². The molecule has 0 spiro atoms. The van der Waals surface area contributed by atoms with Gasteiger partial charge in [-0.1, -0.05) is 63.9 Å². The SMILES string of the molecule is CCC(CC)CC(=O)C1[C@H](C)C[C@H](C(C)=O)N1Cc1ccccc1. The van der Waals surface area contributed by atoms with Crippen molar-refractivity contribution in [3.8, 4) is 0 Å². The highest BCUT2D eigenvalue weighted by Gasteiger charge is 2.44. The Morgan fingerprint density at radius 2 is 1.79 bits per heavy atom. The van der Waals surface area contributed by atoms with Crippen LogP contribution in [0.5, 0.6) is 0 Å². The molecule has 1 aromatic rings. The number of carbonyl (C=O) groups excluding carboxylic acids is 2. The van der Waals surface area contributed by atoms with Crippen LogP contribution in [0.25, 0.3) is 0 Å². The van der Waals surface area contributed by atoms with Gasteiger partial charge in [-0.05, 0) is 30.7 Å². The molecular weight excluding hydrogens is 298 g/mol. The lowest BCUT2D eigenvalue weighted by Crippen LogP contribution is -2.44. The van der Waals surface area contributed by atoms with Gasteiger partial charge in [-0.15, -0.1) is 0 Å². The first-order chi connectivity index (χ1) is 11.5. The Bertz CT molecular complexity index is 550. The monoisotopic (exact) mass is 329 g/mol. The molecule has 1 heterocycles. The molecule has 1 unspecified atom stereocenters. The molecule has 2 rings (SSSR count). The van der Waals surface area contributed by atoms with Crippen molar-refractivity contribution >= 4 is 11.6 Å². The molecule has 0 amide bonds. The lowest BCUT2D eigenvalue weighted by atomic mass is 9.89. The summed E-state index contributed by atoms with van der Waals surface area (Å²) < 4.78 is 0. The molecule has 3 nitrogen and oxygen atoms in total. The third-order valence-corrected chi connectivity index (χ3v) is 5.54. The summed E-state index contributed by atoms with van der Waals surface area (Å²) in [5.41, 5.74) is 1.16. The van der Waals surface area contributed by atoms with E-state index in [9.17, 15) is 9.59 Å². The predicted octanol–water partition coefficient (Wildman–Crippen LogP) is 4.25. The van der Waals surface area contributed by atoms with E-state index in [2.05, 4.69) is 37.8 Å². The van der Waals surface area contributed by atoms with Crippen molar-refractivity contribution in [3.05, 3.63) is 35.9 Å². The van der Waals surface area contributed by atoms with E-state index in [1.54, 1.807) is 6.92 Å². The predicted molar refractivity (Wildman–Crippen MR) is 97.7 cm³/mol. The van der Waals surface area contributed by atoms with Gasteiger partial charge in [0.25, 0.3) is 0 Å². The number of ketones is 2. The van der Waals surface area contributed by atoms with Crippen molar-refractivity contribution in [3.63, 3.8) is 0 Å². The van der Waals surface area contributed by atoms with Crippen LogP contribution in [-0.4, -0.2) is 28.6 Å². The molecule has 0 N–H and O–H groups in total. The fourth-order valence-electron chi connectivity index (χ4n) is 4.02. The highest BCUT2D eigenvalue weighted by Crippen LogP contribution is 2.34. The first-order valence-electron chi connectivity index (χ1n) is 9.30. The Kier molecular flexibility index (Phi) is 6.73. The first kappa shape index (κ1) is 18.9. The van der Waals surface area contributed by atoms with Crippen LogP contribution < -0.4 is 0 Å². The van der Waals surface area contributed by atoms with E-state index in [0.29, 0.717) is 24.7 Å². The average molecular weight is 329 g/mol. The summed E-state index contributed by atoms with van der Waals surface area (Å²) in [6.45, 7) is 8.76. The van der Waals surface area contributed by atoms with Crippen molar-refractivity contribution in [2.45, 2.75) is 72.0 Å². The maximum atomic E-state index is 13.0. The molecule has 24 heavy (non-hydrogen) atoms. The van der Waals surface area contributed by atoms with Crippen LogP contribution in [0.3, 0.4) is 0 Å². The van der Waals surface area contributed by atoms with E-state index < -0.39 is 0 Å². The van der Waals surface area contributed by atoms with Gasteiger partial charge < -0.3 is 0 Å². The van der Waals surface area contributed by atoms with Crippen LogP contribution in [-0.2, 0) is 16.1 Å². The molecule has 0 radical (unpaired) electrons. The minimum atomic E-state index is -0.129. The average Bonchev–Trinajstić information content (AvgIpc) is 2.90. The van der Waals surface area contributed by atoms with Crippen LogP contribution in [0, 0.1) is 11.8 Å². The van der Waals surface area contributed by atoms with E-state index in [1.165, 1.54) is 0 Å². The third-order valence-electron chi connectivity index (χ3n) is 5.54. The van der Waals surface area contributed by atoms with Gasteiger partial charge >= 0.3 is 0 Å². The minimum absolute atomic E-state index is 0.125. The Hall–Kier alpha value is -1.48. The number of likely N-dealkylation sites (tertiary alicyclic amines) is 1. The number of nitrogens with zero attached hydrogens (tertiary/aromatic N) is 1. The number of rotatable bonds is 8. The summed E-state index contributed by atoms with van der Waals surface area (Å²) in [4.78, 5) is 27.3. The molecule has 1 fully saturated rings. The lowest BCUT2D eigenvalue weighted by molar-refractivity contribution is -0.128. The number of hydrogen-bond acceptors (Lipinski definition) is 3. The van der Waals surface area contributed by atoms with Crippen LogP contribution >= 0.6 is 0 Å². The maximum Gasteiger partial charge on any atom is 0.150 e. The number of benzene rings is 1. The van der Waals surface area contributed by atoms with Crippen LogP contribution in [0.4, 0.5) is 0 Å². The Balaban J connectivity index is 2.21. The van der Waals surface area contributed by atoms with Gasteiger partial charge in [-0.25, -0.2) is 0 Å². The molecule has 1 aromatic carbocycles. The Labute approximate surface area is 146 Å². The second-order valence-corrected chi connectivity index (χ2v) is 7.30. The van der Waals surface area contributed by atoms with Crippen LogP contribution in [0.1, 0.15) is 58.9 Å². The van der Waals surface area contributed by atoms with Crippen LogP contribution in [0.15, 0.2) is 30.3 Å². The van der Waals surface area contributed by atoms with Gasteiger partial charge in [0.2, 0.25) is 0 Å². The standard InChI is InChI=1S/C21H31NO2/c1-5-17(6-2)13-20(24)21-15(3)12-19(16(4)23)22(21)14-18-10-8-7-9-11-18/h7-11,15,17,19,21H,5-6,12-14H2,1-4H3/t15-,19-,21?/m1/s1. The summed E-state index contributed by atoms with van der Waals surface area (Å²) in [5, 5.41) is 0. The van der Waals surface area contributed by atoms with Gasteiger partial charge in [0, 0.05) is 13.0 Å². The van der Waals surface area contributed by atoms with Gasteiger partial charge in [0.15, 0.2) is 5.78 Å². The number of hydrogen-bond donors (Lipinski definition) is 0. The molecule has 0 aliphatic carbocycles. The van der Waals surface area contributed by atoms with Crippen molar-refractivity contribution in [2.24, 2.45) is 11.8 Å². The number of Topliss-reactive ketones (excluding diaryl/α,β-unsaturated/α-hetero) is 2. The van der Waals surface area contributed by atoms with E-state index in [4.69, 9.17) is 0 Å². The molecule has 1 saturated heterocycles. The normalized spacial score (nSPS) is 24.5. The Morgan fingerprint density at radius 1 is 1.17 bits per heavy atom. The smallest absolute Gasteiger partial charge is 0.150 e. The zero-order valence-corrected chi connectivity index (χ0v) is 15.5. The first-order valence-corrected chi connectivity index (χ1v) is 9.30. The molecule has 3 atom stereocenters. The van der Waals surface area contributed by atoms with Crippen molar-refractivity contribution < 1.29 is 9.59 Å². The maximum absolute atomic E-state index is 13.0. The van der Waals surface area contributed by atoms with Gasteiger partial charge in [0.1, 0.15) is 5.78 Å². The fourth-order valence-corrected chi connectivity index (χ4v) is 4.02.